The number of amides is 1. The number of aryl methyl sites for hydroxylation is 1. The van der Waals surface area contributed by atoms with Crippen LogP contribution < -0.4 is 4.74 Å². The number of nitrogens with zero attached hydrogens (tertiary/aromatic N) is 3. The van der Waals surface area contributed by atoms with Crippen LogP contribution in [0.15, 0.2) is 36.7 Å². The number of hydrogen-bond donors (Lipinski definition) is 0. The van der Waals surface area contributed by atoms with Gasteiger partial charge in [0.2, 0.25) is 0 Å². The largest absolute Gasteiger partial charge is 0.484 e. The molecule has 5 nitrogen and oxygen atoms in total. The summed E-state index contributed by atoms with van der Waals surface area (Å²) in [5, 5.41) is 0. The predicted molar refractivity (Wildman–Crippen MR) is 100 cm³/mol. The lowest BCUT2D eigenvalue weighted by molar-refractivity contribution is -0.134. The lowest BCUT2D eigenvalue weighted by Gasteiger charge is -2.32. The Kier molecular flexibility index (Phi) is 4.96. The van der Waals surface area contributed by atoms with E-state index in [0.717, 1.165) is 50.0 Å². The zero-order chi connectivity index (χ0) is 17.9. The molecule has 138 valence electrons. The normalized spacial score (nSPS) is 20.2. The number of imidazole rings is 1. The van der Waals surface area contributed by atoms with Crippen LogP contribution in [0.4, 0.5) is 0 Å². The van der Waals surface area contributed by atoms with Crippen LogP contribution >= 0.6 is 0 Å². The first-order valence-corrected chi connectivity index (χ1v) is 9.67. The van der Waals surface area contributed by atoms with Gasteiger partial charge in [0.25, 0.3) is 5.91 Å². The predicted octanol–water partition coefficient (Wildman–Crippen LogP) is 3.39. The zero-order valence-corrected chi connectivity index (χ0v) is 15.4. The smallest absolute Gasteiger partial charge is 0.260 e. The van der Waals surface area contributed by atoms with Gasteiger partial charge < -0.3 is 14.2 Å². The second kappa shape index (κ2) is 7.52. The average Bonchev–Trinajstić information content (AvgIpc) is 3.36. The van der Waals surface area contributed by atoms with Gasteiger partial charge in [-0.3, -0.25) is 4.79 Å². The highest BCUT2D eigenvalue weighted by Crippen LogP contribution is 2.33. The monoisotopic (exact) mass is 353 g/mol. The molecule has 1 saturated heterocycles. The molecule has 2 aromatic rings. The maximum Gasteiger partial charge on any atom is 0.260 e. The molecule has 5 heteroatoms. The van der Waals surface area contributed by atoms with E-state index < -0.39 is 0 Å². The van der Waals surface area contributed by atoms with Crippen molar-refractivity contribution in [1.29, 1.82) is 0 Å². The Morgan fingerprint density at radius 3 is 2.81 bits per heavy atom. The summed E-state index contributed by atoms with van der Waals surface area (Å²) in [5.41, 5.74) is 1.18. The summed E-state index contributed by atoms with van der Waals surface area (Å²) in [4.78, 5) is 19.2. The van der Waals surface area contributed by atoms with Crippen LogP contribution in [-0.2, 0) is 11.3 Å². The van der Waals surface area contributed by atoms with Crippen molar-refractivity contribution in [2.45, 2.75) is 45.1 Å². The van der Waals surface area contributed by atoms with Gasteiger partial charge in [-0.1, -0.05) is 17.7 Å². The fraction of sp³-hybridized carbons (Fsp3) is 0.524. The molecule has 1 aromatic heterocycles. The van der Waals surface area contributed by atoms with Gasteiger partial charge in [-0.15, -0.1) is 0 Å². The highest BCUT2D eigenvalue weighted by atomic mass is 16.5. The first kappa shape index (κ1) is 17.1. The van der Waals surface area contributed by atoms with Crippen molar-refractivity contribution in [3.05, 3.63) is 48.0 Å². The minimum Gasteiger partial charge on any atom is -0.484 e. The molecule has 4 rings (SSSR count). The Balaban J connectivity index is 1.34. The second-order valence-electron chi connectivity index (χ2n) is 7.66. The molecule has 1 aliphatic carbocycles. The van der Waals surface area contributed by atoms with E-state index in [2.05, 4.69) is 15.7 Å². The van der Waals surface area contributed by atoms with E-state index in [1.807, 2.05) is 42.3 Å². The van der Waals surface area contributed by atoms with Crippen molar-refractivity contribution in [3.63, 3.8) is 0 Å². The third-order valence-electron chi connectivity index (χ3n) is 5.42. The van der Waals surface area contributed by atoms with Crippen LogP contribution in [-0.4, -0.2) is 40.1 Å². The molecule has 1 unspecified atom stereocenters. The molecule has 1 atom stereocenters. The molecule has 0 spiro atoms. The molecule has 0 N–H and O–H groups in total. The Hall–Kier alpha value is -2.30. The third kappa shape index (κ3) is 4.09. The summed E-state index contributed by atoms with van der Waals surface area (Å²) in [5.74, 6) is 3.12. The van der Waals surface area contributed by atoms with Crippen molar-refractivity contribution < 1.29 is 9.53 Å². The number of hydrogen-bond acceptors (Lipinski definition) is 3. The molecule has 1 aliphatic heterocycles. The number of carbonyl (C=O) groups excluding carboxylic acids is 1. The van der Waals surface area contributed by atoms with Gasteiger partial charge >= 0.3 is 0 Å². The molecule has 1 amide bonds. The highest BCUT2D eigenvalue weighted by Gasteiger charge is 2.29. The molecular formula is C21H27N3O2. The lowest BCUT2D eigenvalue weighted by atomic mass is 9.97. The average molecular weight is 353 g/mol. The highest BCUT2D eigenvalue weighted by molar-refractivity contribution is 5.78. The van der Waals surface area contributed by atoms with E-state index in [1.165, 1.54) is 18.4 Å². The number of piperidine rings is 1. The molecule has 2 aliphatic rings. The van der Waals surface area contributed by atoms with E-state index in [4.69, 9.17) is 4.74 Å². The molecule has 0 bridgehead atoms. The summed E-state index contributed by atoms with van der Waals surface area (Å²) in [7, 11) is 0. The van der Waals surface area contributed by atoms with Crippen molar-refractivity contribution >= 4 is 5.91 Å². The minimum atomic E-state index is 0.0653. The molecule has 1 saturated carbocycles. The zero-order valence-electron chi connectivity index (χ0n) is 15.4. The number of ether oxygens (including phenoxy) is 1. The van der Waals surface area contributed by atoms with E-state index in [0.29, 0.717) is 5.92 Å². The topological polar surface area (TPSA) is 47.4 Å². The summed E-state index contributed by atoms with van der Waals surface area (Å²) in [6.07, 6.45) is 8.79. The van der Waals surface area contributed by atoms with Crippen LogP contribution in [0.1, 0.15) is 43.0 Å². The van der Waals surface area contributed by atoms with Gasteiger partial charge in [0.1, 0.15) is 11.6 Å². The molecule has 2 fully saturated rings. The summed E-state index contributed by atoms with van der Waals surface area (Å²) >= 11 is 0. The SMILES string of the molecule is Cc1ccc(OCC(=O)N2CCCC(c3nccn3CC3CC3)C2)cc1. The Morgan fingerprint density at radius 2 is 2.04 bits per heavy atom. The van der Waals surface area contributed by atoms with Crippen LogP contribution in [0.2, 0.25) is 0 Å². The van der Waals surface area contributed by atoms with Crippen LogP contribution in [0.5, 0.6) is 5.75 Å². The van der Waals surface area contributed by atoms with E-state index in [1.54, 1.807) is 0 Å². The van der Waals surface area contributed by atoms with E-state index in [9.17, 15) is 4.79 Å². The molecule has 0 radical (unpaired) electrons. The van der Waals surface area contributed by atoms with Gasteiger partial charge in [-0.2, -0.15) is 0 Å². The lowest BCUT2D eigenvalue weighted by Crippen LogP contribution is -2.42. The number of likely N-dealkylation sites (tertiary alicyclic amines) is 1. The van der Waals surface area contributed by atoms with Crippen molar-refractivity contribution in [3.8, 4) is 5.75 Å². The third-order valence-corrected chi connectivity index (χ3v) is 5.42. The number of aromatic nitrogens is 2. The maximum atomic E-state index is 12.6. The van der Waals surface area contributed by atoms with E-state index in [-0.39, 0.29) is 12.5 Å². The van der Waals surface area contributed by atoms with Gasteiger partial charge in [-0.25, -0.2) is 4.98 Å². The number of carbonyl (C=O) groups is 1. The number of rotatable bonds is 6. The van der Waals surface area contributed by atoms with Gasteiger partial charge in [0.05, 0.1) is 0 Å². The van der Waals surface area contributed by atoms with Crippen molar-refractivity contribution in [2.24, 2.45) is 5.92 Å². The molecule has 26 heavy (non-hydrogen) atoms. The Labute approximate surface area is 155 Å². The Bertz CT molecular complexity index is 749. The fourth-order valence-corrected chi connectivity index (χ4v) is 3.70. The summed E-state index contributed by atoms with van der Waals surface area (Å²) in [6, 6.07) is 7.82. The number of benzene rings is 1. The second-order valence-corrected chi connectivity index (χ2v) is 7.66. The molecular weight excluding hydrogens is 326 g/mol. The van der Waals surface area contributed by atoms with Gasteiger partial charge in [-0.05, 0) is 50.7 Å². The van der Waals surface area contributed by atoms with Gasteiger partial charge in [0, 0.05) is 37.9 Å². The van der Waals surface area contributed by atoms with Crippen LogP contribution in [0, 0.1) is 12.8 Å². The van der Waals surface area contributed by atoms with Gasteiger partial charge in [0.15, 0.2) is 6.61 Å². The molecule has 1 aromatic carbocycles. The van der Waals surface area contributed by atoms with Crippen LogP contribution in [0.3, 0.4) is 0 Å². The Morgan fingerprint density at radius 1 is 1.23 bits per heavy atom. The quantitative estimate of drug-likeness (QED) is 0.800. The summed E-state index contributed by atoms with van der Waals surface area (Å²) in [6.45, 7) is 4.78. The van der Waals surface area contributed by atoms with Crippen LogP contribution in [0.25, 0.3) is 0 Å². The first-order chi connectivity index (χ1) is 12.7. The first-order valence-electron chi connectivity index (χ1n) is 9.67. The molecule has 2 heterocycles. The standard InChI is InChI=1S/C21H27N3O2/c1-16-4-8-19(9-5-16)26-15-20(25)23-11-2-3-18(14-23)21-22-10-12-24(21)13-17-6-7-17/h4-5,8-10,12,17-18H,2-3,6-7,11,13-15H2,1H3. The summed E-state index contributed by atoms with van der Waals surface area (Å²) < 4.78 is 7.98. The van der Waals surface area contributed by atoms with Crippen molar-refractivity contribution in [2.75, 3.05) is 19.7 Å². The van der Waals surface area contributed by atoms with Crippen molar-refractivity contribution in [1.82, 2.24) is 14.5 Å². The minimum absolute atomic E-state index is 0.0653. The van der Waals surface area contributed by atoms with E-state index >= 15 is 0 Å². The maximum absolute atomic E-state index is 12.6. The fourth-order valence-electron chi connectivity index (χ4n) is 3.70.